The van der Waals surface area contributed by atoms with E-state index in [-0.39, 0.29) is 13.2 Å². The Labute approximate surface area is 130 Å². The molecular formula is C17H21NO4. The highest BCUT2D eigenvalue weighted by Gasteiger charge is 2.03. The molecule has 118 valence electrons. The molecule has 0 unspecified atom stereocenters. The average molecular weight is 303 g/mol. The van der Waals surface area contributed by atoms with E-state index in [4.69, 9.17) is 9.47 Å². The van der Waals surface area contributed by atoms with Crippen molar-refractivity contribution in [1.82, 2.24) is 0 Å². The predicted octanol–water partition coefficient (Wildman–Crippen LogP) is 2.43. The van der Waals surface area contributed by atoms with Gasteiger partial charge in [0, 0.05) is 31.4 Å². The minimum Gasteiger partial charge on any atom is -0.459 e. The van der Waals surface area contributed by atoms with Gasteiger partial charge in [0.15, 0.2) is 0 Å². The maximum Gasteiger partial charge on any atom is 0.333 e. The van der Waals surface area contributed by atoms with E-state index in [0.717, 1.165) is 11.3 Å². The quantitative estimate of drug-likeness (QED) is 0.440. The molecule has 0 aromatic heterocycles. The third-order valence-corrected chi connectivity index (χ3v) is 2.73. The standard InChI is InChI=1S/C17H21NO4/c1-13(2)17(20)22-12-11-21-16(19)10-7-14-5-8-15(9-6-14)18(3)4/h5-10H,1,11-12H2,2-4H3/b10-7+. The van der Waals surface area contributed by atoms with Gasteiger partial charge >= 0.3 is 11.9 Å². The minimum atomic E-state index is -0.493. The van der Waals surface area contributed by atoms with Crippen LogP contribution in [0.15, 0.2) is 42.5 Å². The smallest absolute Gasteiger partial charge is 0.333 e. The molecule has 1 aromatic rings. The van der Waals surface area contributed by atoms with Gasteiger partial charge in [-0.15, -0.1) is 0 Å². The molecule has 0 aliphatic rings. The van der Waals surface area contributed by atoms with E-state index in [1.165, 1.54) is 6.08 Å². The molecule has 0 spiro atoms. The lowest BCUT2D eigenvalue weighted by atomic mass is 10.2. The molecule has 0 saturated carbocycles. The molecule has 0 heterocycles. The highest BCUT2D eigenvalue weighted by atomic mass is 16.6. The first-order chi connectivity index (χ1) is 10.4. The maximum absolute atomic E-state index is 11.5. The molecule has 22 heavy (non-hydrogen) atoms. The van der Waals surface area contributed by atoms with Gasteiger partial charge in [-0.3, -0.25) is 0 Å². The molecule has 0 radical (unpaired) electrons. The van der Waals surface area contributed by atoms with Gasteiger partial charge in [0.2, 0.25) is 0 Å². The predicted molar refractivity (Wildman–Crippen MR) is 86.5 cm³/mol. The lowest BCUT2D eigenvalue weighted by Gasteiger charge is -2.11. The number of carbonyl (C=O) groups excluding carboxylic acids is 2. The van der Waals surface area contributed by atoms with E-state index in [9.17, 15) is 9.59 Å². The first-order valence-corrected chi connectivity index (χ1v) is 6.85. The molecule has 0 amide bonds. The number of rotatable bonds is 7. The number of ether oxygens (including phenoxy) is 2. The van der Waals surface area contributed by atoms with Crippen LogP contribution in [-0.4, -0.2) is 39.2 Å². The van der Waals surface area contributed by atoms with Crippen molar-refractivity contribution in [2.24, 2.45) is 0 Å². The number of benzene rings is 1. The maximum atomic E-state index is 11.5. The highest BCUT2D eigenvalue weighted by Crippen LogP contribution is 2.13. The fraction of sp³-hybridized carbons (Fsp3) is 0.294. The molecule has 0 aliphatic heterocycles. The summed E-state index contributed by atoms with van der Waals surface area (Å²) >= 11 is 0. The summed E-state index contributed by atoms with van der Waals surface area (Å²) in [7, 11) is 3.92. The van der Waals surface area contributed by atoms with Crippen molar-refractivity contribution >= 4 is 23.7 Å². The lowest BCUT2D eigenvalue weighted by Crippen LogP contribution is -2.12. The summed E-state index contributed by atoms with van der Waals surface area (Å²) < 4.78 is 9.72. The van der Waals surface area contributed by atoms with Crippen LogP contribution in [0.4, 0.5) is 5.69 Å². The topological polar surface area (TPSA) is 55.8 Å². The van der Waals surface area contributed by atoms with Gasteiger partial charge < -0.3 is 14.4 Å². The second-order valence-corrected chi connectivity index (χ2v) is 4.90. The lowest BCUT2D eigenvalue weighted by molar-refractivity contribution is -0.146. The zero-order chi connectivity index (χ0) is 16.5. The van der Waals surface area contributed by atoms with Crippen LogP contribution in [0.1, 0.15) is 12.5 Å². The Morgan fingerprint density at radius 2 is 1.73 bits per heavy atom. The molecule has 1 aromatic carbocycles. The largest absolute Gasteiger partial charge is 0.459 e. The molecule has 5 heteroatoms. The van der Waals surface area contributed by atoms with Crippen molar-refractivity contribution in [3.63, 3.8) is 0 Å². The van der Waals surface area contributed by atoms with Gasteiger partial charge in [0.25, 0.3) is 0 Å². The number of nitrogens with zero attached hydrogens (tertiary/aromatic N) is 1. The van der Waals surface area contributed by atoms with Crippen molar-refractivity contribution < 1.29 is 19.1 Å². The van der Waals surface area contributed by atoms with Crippen molar-refractivity contribution in [3.05, 3.63) is 48.1 Å². The molecule has 0 saturated heterocycles. The summed E-state index contributed by atoms with van der Waals surface area (Å²) in [5.41, 5.74) is 2.29. The van der Waals surface area contributed by atoms with Gasteiger partial charge in [0.1, 0.15) is 13.2 Å². The van der Waals surface area contributed by atoms with Crippen LogP contribution >= 0.6 is 0 Å². The summed E-state index contributed by atoms with van der Waals surface area (Å²) in [6.45, 7) is 5.04. The van der Waals surface area contributed by atoms with Crippen LogP contribution in [0, 0.1) is 0 Å². The molecule has 0 N–H and O–H groups in total. The van der Waals surface area contributed by atoms with E-state index in [1.54, 1.807) is 13.0 Å². The van der Waals surface area contributed by atoms with E-state index in [2.05, 4.69) is 6.58 Å². The Morgan fingerprint density at radius 1 is 1.14 bits per heavy atom. The van der Waals surface area contributed by atoms with Gasteiger partial charge in [-0.2, -0.15) is 0 Å². The first-order valence-electron chi connectivity index (χ1n) is 6.85. The fourth-order valence-electron chi connectivity index (χ4n) is 1.50. The second-order valence-electron chi connectivity index (χ2n) is 4.90. The molecule has 0 fully saturated rings. The van der Waals surface area contributed by atoms with Crippen molar-refractivity contribution in [2.45, 2.75) is 6.92 Å². The van der Waals surface area contributed by atoms with Crippen LogP contribution in [0.5, 0.6) is 0 Å². The zero-order valence-corrected chi connectivity index (χ0v) is 13.2. The Kier molecular flexibility index (Phi) is 6.89. The van der Waals surface area contributed by atoms with Crippen molar-refractivity contribution in [3.8, 4) is 0 Å². The summed E-state index contributed by atoms with van der Waals surface area (Å²) in [5.74, 6) is -0.976. The highest BCUT2D eigenvalue weighted by molar-refractivity contribution is 5.87. The van der Waals surface area contributed by atoms with Crippen LogP contribution in [0.2, 0.25) is 0 Å². The van der Waals surface area contributed by atoms with Crippen LogP contribution in [-0.2, 0) is 19.1 Å². The van der Waals surface area contributed by atoms with Crippen molar-refractivity contribution in [1.29, 1.82) is 0 Å². The Balaban J connectivity index is 2.35. The van der Waals surface area contributed by atoms with Crippen LogP contribution < -0.4 is 4.90 Å². The minimum absolute atomic E-state index is 0.0156. The SMILES string of the molecule is C=C(C)C(=O)OCCOC(=O)/C=C/c1ccc(N(C)C)cc1. The van der Waals surface area contributed by atoms with E-state index in [1.807, 2.05) is 43.3 Å². The van der Waals surface area contributed by atoms with Crippen molar-refractivity contribution in [2.75, 3.05) is 32.2 Å². The normalized spacial score (nSPS) is 10.3. The molecular weight excluding hydrogens is 282 g/mol. The number of hydrogen-bond acceptors (Lipinski definition) is 5. The number of carbonyl (C=O) groups is 2. The third kappa shape index (κ3) is 6.26. The van der Waals surface area contributed by atoms with Crippen LogP contribution in [0.3, 0.4) is 0 Å². The molecule has 1 rings (SSSR count). The summed E-state index contributed by atoms with van der Waals surface area (Å²) in [6, 6.07) is 7.74. The zero-order valence-electron chi connectivity index (χ0n) is 13.2. The van der Waals surface area contributed by atoms with Gasteiger partial charge in [-0.25, -0.2) is 9.59 Å². The van der Waals surface area contributed by atoms with E-state index < -0.39 is 11.9 Å². The summed E-state index contributed by atoms with van der Waals surface area (Å²) in [4.78, 5) is 24.6. The fourth-order valence-corrected chi connectivity index (χ4v) is 1.50. The van der Waals surface area contributed by atoms with Crippen LogP contribution in [0.25, 0.3) is 6.08 Å². The number of esters is 2. The Morgan fingerprint density at radius 3 is 2.27 bits per heavy atom. The Hall–Kier alpha value is -2.56. The van der Waals surface area contributed by atoms with Gasteiger partial charge in [-0.05, 0) is 30.7 Å². The second kappa shape index (κ2) is 8.67. The third-order valence-electron chi connectivity index (χ3n) is 2.73. The summed E-state index contributed by atoms with van der Waals surface area (Å²) in [6.07, 6.45) is 3.01. The molecule has 0 bridgehead atoms. The van der Waals surface area contributed by atoms with Gasteiger partial charge in [-0.1, -0.05) is 18.7 Å². The number of anilines is 1. The molecule has 0 aliphatic carbocycles. The van der Waals surface area contributed by atoms with E-state index in [0.29, 0.717) is 5.57 Å². The van der Waals surface area contributed by atoms with Gasteiger partial charge in [0.05, 0.1) is 0 Å². The first kappa shape index (κ1) is 17.5. The van der Waals surface area contributed by atoms with E-state index >= 15 is 0 Å². The number of hydrogen-bond donors (Lipinski definition) is 0. The average Bonchev–Trinajstić information content (AvgIpc) is 2.49. The Bertz CT molecular complexity index is 559. The molecule has 5 nitrogen and oxygen atoms in total. The molecule has 0 atom stereocenters. The monoisotopic (exact) mass is 303 g/mol. The summed E-state index contributed by atoms with van der Waals surface area (Å²) in [5, 5.41) is 0.